The molecule has 0 bridgehead atoms. The third-order valence-electron chi connectivity index (χ3n) is 1.21. The summed E-state index contributed by atoms with van der Waals surface area (Å²) in [7, 11) is 0. The fourth-order valence-electron chi connectivity index (χ4n) is 0.774. The first-order chi connectivity index (χ1) is 6.88. The molecule has 74 valence electrons. The van der Waals surface area contributed by atoms with Gasteiger partial charge in [0.15, 0.2) is 5.84 Å². The van der Waals surface area contributed by atoms with Gasteiger partial charge in [-0.25, -0.2) is 9.98 Å². The lowest BCUT2D eigenvalue weighted by molar-refractivity contribution is 1.50. The van der Waals surface area contributed by atoms with E-state index >= 15 is 0 Å². The van der Waals surface area contributed by atoms with Crippen LogP contribution in [-0.2, 0) is 0 Å². The van der Waals surface area contributed by atoms with Crippen molar-refractivity contribution < 1.29 is 0 Å². The Morgan fingerprint density at radius 2 is 1.86 bits per heavy atom. The number of allylic oxidation sites excluding steroid dienone is 1. The highest BCUT2D eigenvalue weighted by molar-refractivity contribution is 6.48. The number of hydrogen-bond donors (Lipinski definition) is 0. The first kappa shape index (κ1) is 12.2. The Bertz CT molecular complexity index is 274. The number of hydrogen-bond acceptors (Lipinski definition) is 2. The van der Waals surface area contributed by atoms with Crippen molar-refractivity contribution in [3.8, 4) is 0 Å². The van der Waals surface area contributed by atoms with Gasteiger partial charge in [0.25, 0.3) is 0 Å². The van der Waals surface area contributed by atoms with Crippen molar-refractivity contribution in [1.29, 1.82) is 0 Å². The molecule has 3 nitrogen and oxygen atoms in total. The van der Waals surface area contributed by atoms with Crippen LogP contribution >= 0.6 is 0 Å². The quantitative estimate of drug-likeness (QED) is 0.640. The molecule has 0 aromatic carbocycles. The maximum atomic E-state index is 4.01. The highest BCUT2D eigenvalue weighted by Gasteiger charge is 2.04. The molecule has 0 aliphatic carbocycles. The lowest BCUT2D eigenvalue weighted by Gasteiger charge is -2.01. The Labute approximate surface area is 85.0 Å². The van der Waals surface area contributed by atoms with E-state index in [-0.39, 0.29) is 0 Å². The zero-order chi connectivity index (χ0) is 10.8. The van der Waals surface area contributed by atoms with E-state index in [2.05, 4.69) is 28.1 Å². The number of nitrogens with zero attached hydrogens (tertiary/aromatic N) is 3. The van der Waals surface area contributed by atoms with Crippen LogP contribution in [0.5, 0.6) is 0 Å². The molecule has 0 N–H and O–H groups in total. The lowest BCUT2D eigenvalue weighted by atomic mass is 10.2. The monoisotopic (exact) mass is 189 g/mol. The van der Waals surface area contributed by atoms with E-state index in [4.69, 9.17) is 0 Å². The van der Waals surface area contributed by atoms with E-state index in [0.717, 1.165) is 0 Å². The van der Waals surface area contributed by atoms with Gasteiger partial charge in [-0.1, -0.05) is 27.0 Å². The minimum atomic E-state index is 0.562. The fourth-order valence-corrected chi connectivity index (χ4v) is 0.774. The number of dihydropyridines is 1. The van der Waals surface area contributed by atoms with E-state index in [0.29, 0.717) is 11.5 Å². The van der Waals surface area contributed by atoms with E-state index < -0.39 is 0 Å². The molecule has 1 rings (SSSR count). The van der Waals surface area contributed by atoms with Crippen molar-refractivity contribution in [2.45, 2.75) is 13.8 Å². The molecule has 1 aliphatic heterocycles. The molecule has 1 heterocycles. The Morgan fingerprint density at radius 3 is 2.43 bits per heavy atom. The Hall–Kier alpha value is -1.77. The van der Waals surface area contributed by atoms with Crippen LogP contribution in [0.25, 0.3) is 0 Å². The lowest BCUT2D eigenvalue weighted by Crippen LogP contribution is -2.11. The summed E-state index contributed by atoms with van der Waals surface area (Å²) in [6.45, 7) is 11.0. The van der Waals surface area contributed by atoms with Gasteiger partial charge in [0.05, 0.1) is 0 Å². The second kappa shape index (κ2) is 7.86. The van der Waals surface area contributed by atoms with E-state index in [9.17, 15) is 0 Å². The summed E-state index contributed by atoms with van der Waals surface area (Å²) in [6, 6.07) is 0. The van der Waals surface area contributed by atoms with Gasteiger partial charge >= 0.3 is 0 Å². The van der Waals surface area contributed by atoms with Gasteiger partial charge in [-0.15, -0.1) is 0 Å². The number of rotatable bonds is 2. The molecular weight excluding hydrogens is 174 g/mol. The largest absolute Gasteiger partial charge is 0.254 e. The first-order valence-corrected chi connectivity index (χ1v) is 4.47. The summed E-state index contributed by atoms with van der Waals surface area (Å²) in [4.78, 5) is 11.9. The van der Waals surface area contributed by atoms with Crippen molar-refractivity contribution in [1.82, 2.24) is 0 Å². The summed E-state index contributed by atoms with van der Waals surface area (Å²) >= 11 is 0. The van der Waals surface area contributed by atoms with E-state index in [1.807, 2.05) is 19.9 Å². The second-order valence-corrected chi connectivity index (χ2v) is 1.97. The van der Waals surface area contributed by atoms with Gasteiger partial charge in [-0.05, 0) is 12.2 Å². The molecule has 1 aliphatic rings. The molecule has 0 aromatic rings. The van der Waals surface area contributed by atoms with Gasteiger partial charge in [0, 0.05) is 18.6 Å². The van der Waals surface area contributed by atoms with Crippen molar-refractivity contribution in [2.24, 2.45) is 15.0 Å². The van der Waals surface area contributed by atoms with Crippen LogP contribution < -0.4 is 0 Å². The maximum absolute atomic E-state index is 4.01. The summed E-state index contributed by atoms with van der Waals surface area (Å²) in [6.07, 6.45) is 8.16. The van der Waals surface area contributed by atoms with Crippen molar-refractivity contribution >= 4 is 17.8 Å². The average Bonchev–Trinajstić information content (AvgIpc) is 2.25. The topological polar surface area (TPSA) is 37.1 Å². The third kappa shape index (κ3) is 3.76. The van der Waals surface area contributed by atoms with Crippen LogP contribution in [0.2, 0.25) is 0 Å². The zero-order valence-corrected chi connectivity index (χ0v) is 8.64. The number of amidine groups is 1. The molecule has 0 fully saturated rings. The van der Waals surface area contributed by atoms with E-state index in [1.54, 1.807) is 12.3 Å². The second-order valence-electron chi connectivity index (χ2n) is 1.97. The molecule has 0 radical (unpaired) electrons. The minimum Gasteiger partial charge on any atom is -0.254 e. The van der Waals surface area contributed by atoms with Gasteiger partial charge < -0.3 is 0 Å². The van der Waals surface area contributed by atoms with Crippen LogP contribution in [-0.4, -0.2) is 17.8 Å². The Morgan fingerprint density at radius 1 is 1.21 bits per heavy atom. The molecule has 0 amide bonds. The van der Waals surface area contributed by atoms with Crippen LogP contribution in [0.4, 0.5) is 0 Å². The molecule has 0 spiro atoms. The average molecular weight is 189 g/mol. The molecule has 3 heteroatoms. The van der Waals surface area contributed by atoms with Gasteiger partial charge in [0.2, 0.25) is 0 Å². The summed E-state index contributed by atoms with van der Waals surface area (Å²) in [5, 5.41) is 0. The molecule has 0 saturated heterocycles. The predicted octanol–water partition coefficient (Wildman–Crippen LogP) is 2.78. The molecule has 0 unspecified atom stereocenters. The smallest absolute Gasteiger partial charge is 0.178 e. The predicted molar refractivity (Wildman–Crippen MR) is 64.2 cm³/mol. The zero-order valence-electron chi connectivity index (χ0n) is 8.64. The first-order valence-electron chi connectivity index (χ1n) is 4.47. The Kier molecular flexibility index (Phi) is 6.86. The van der Waals surface area contributed by atoms with Crippen molar-refractivity contribution in [2.75, 3.05) is 0 Å². The van der Waals surface area contributed by atoms with Gasteiger partial charge in [0.1, 0.15) is 5.71 Å². The van der Waals surface area contributed by atoms with Crippen LogP contribution in [0, 0.1) is 0 Å². The molecule has 14 heavy (non-hydrogen) atoms. The summed E-state index contributed by atoms with van der Waals surface area (Å²) in [5.74, 6) is 0.562. The molecular formula is C11H15N3. The SMILES string of the molecule is C=CN=C1C=CC=NC1=NC=C.CC. The molecule has 0 aromatic heterocycles. The Balaban J connectivity index is 0.000000791. The maximum Gasteiger partial charge on any atom is 0.178 e. The highest BCUT2D eigenvalue weighted by atomic mass is 14.9. The van der Waals surface area contributed by atoms with Gasteiger partial charge in [-0.2, -0.15) is 0 Å². The minimum absolute atomic E-state index is 0.562. The molecule has 0 saturated carbocycles. The fraction of sp³-hybridized carbons (Fsp3) is 0.182. The van der Waals surface area contributed by atoms with Crippen LogP contribution in [0.15, 0.2) is 52.7 Å². The standard InChI is InChI=1S/C9H9N3.C2H6/c1-3-10-8-6-5-7-12-9(8)11-4-2;1-2/h3-7H,1-2H2;1-2H3. The third-order valence-corrected chi connectivity index (χ3v) is 1.21. The summed E-state index contributed by atoms with van der Waals surface area (Å²) in [5.41, 5.74) is 0.701. The van der Waals surface area contributed by atoms with Crippen LogP contribution in [0.1, 0.15) is 13.8 Å². The van der Waals surface area contributed by atoms with E-state index in [1.165, 1.54) is 12.4 Å². The van der Waals surface area contributed by atoms with Gasteiger partial charge in [-0.3, -0.25) is 4.99 Å². The van der Waals surface area contributed by atoms with Crippen molar-refractivity contribution in [3.05, 3.63) is 37.7 Å². The summed E-state index contributed by atoms with van der Waals surface area (Å²) < 4.78 is 0. The highest BCUT2D eigenvalue weighted by Crippen LogP contribution is 1.96. The normalized spacial score (nSPS) is 19.0. The van der Waals surface area contributed by atoms with Crippen molar-refractivity contribution in [3.63, 3.8) is 0 Å². The molecule has 0 atom stereocenters. The van der Waals surface area contributed by atoms with Crippen LogP contribution in [0.3, 0.4) is 0 Å². The number of aliphatic imine (C=N–C) groups is 3.